The van der Waals surface area contributed by atoms with Crippen LogP contribution in [0.15, 0.2) is 57.1 Å². The van der Waals surface area contributed by atoms with Crippen molar-refractivity contribution < 1.29 is 17.6 Å². The van der Waals surface area contributed by atoms with Gasteiger partial charge >= 0.3 is 0 Å². The van der Waals surface area contributed by atoms with Gasteiger partial charge in [0.15, 0.2) is 5.16 Å². The molecule has 2 aromatic heterocycles. The third-order valence-electron chi connectivity index (χ3n) is 5.42. The first kappa shape index (κ1) is 20.1. The van der Waals surface area contributed by atoms with Crippen LogP contribution < -0.4 is 4.90 Å². The van der Waals surface area contributed by atoms with Gasteiger partial charge in [0.25, 0.3) is 15.9 Å². The molecule has 0 radical (unpaired) electrons. The molecule has 2 aliphatic heterocycles. The number of anilines is 1. The van der Waals surface area contributed by atoms with Gasteiger partial charge in [0.05, 0.1) is 18.4 Å². The number of furan rings is 1. The Kier molecular flexibility index (Phi) is 5.22. The predicted molar refractivity (Wildman–Crippen MR) is 115 cm³/mol. The standard InChI is InChI=1S/C20H21N5O4S2/c26-18-16-7-1-2-8-17(16)31(27,28)25(18)11-13-30-20-22-21-19(23-9-3-4-10-23)24(20)14-15-6-5-12-29-15/h1-2,5-8,12H,3-4,9-11,13-14H2. The lowest BCUT2D eigenvalue weighted by Crippen LogP contribution is -2.32. The number of hydrogen-bond acceptors (Lipinski definition) is 8. The SMILES string of the molecule is O=C1c2ccccc2S(=O)(=O)N1CCSc1nnc(N2CCCC2)n1Cc1ccco1. The van der Waals surface area contributed by atoms with Gasteiger partial charge in [0.1, 0.15) is 10.7 Å². The molecule has 3 aromatic rings. The van der Waals surface area contributed by atoms with E-state index in [-0.39, 0.29) is 17.0 Å². The zero-order chi connectivity index (χ0) is 21.4. The van der Waals surface area contributed by atoms with E-state index < -0.39 is 15.9 Å². The molecule has 4 heterocycles. The van der Waals surface area contributed by atoms with Crippen molar-refractivity contribution in [2.45, 2.75) is 29.4 Å². The van der Waals surface area contributed by atoms with Crippen LogP contribution in [0.1, 0.15) is 29.0 Å². The Morgan fingerprint density at radius 3 is 2.61 bits per heavy atom. The molecule has 0 atom stereocenters. The number of aromatic nitrogens is 3. The third-order valence-corrected chi connectivity index (χ3v) is 8.21. The van der Waals surface area contributed by atoms with Crippen molar-refractivity contribution in [3.05, 3.63) is 54.0 Å². The van der Waals surface area contributed by atoms with Crippen LogP contribution in [-0.4, -0.2) is 58.8 Å². The largest absolute Gasteiger partial charge is 0.467 e. The highest BCUT2D eigenvalue weighted by molar-refractivity contribution is 7.99. The first-order valence-electron chi connectivity index (χ1n) is 10.0. The summed E-state index contributed by atoms with van der Waals surface area (Å²) in [5, 5.41) is 9.39. The minimum absolute atomic E-state index is 0.0627. The summed E-state index contributed by atoms with van der Waals surface area (Å²) in [4.78, 5) is 14.9. The number of carbonyl (C=O) groups excluding carboxylic acids is 1. The molecule has 5 rings (SSSR count). The predicted octanol–water partition coefficient (Wildman–Crippen LogP) is 2.46. The van der Waals surface area contributed by atoms with E-state index in [1.807, 2.05) is 16.7 Å². The maximum Gasteiger partial charge on any atom is 0.269 e. The monoisotopic (exact) mass is 459 g/mol. The molecule has 0 aliphatic carbocycles. The molecule has 1 aromatic carbocycles. The van der Waals surface area contributed by atoms with Gasteiger partial charge in [-0.25, -0.2) is 12.7 Å². The van der Waals surface area contributed by atoms with E-state index in [9.17, 15) is 13.2 Å². The van der Waals surface area contributed by atoms with Gasteiger partial charge in [-0.15, -0.1) is 10.2 Å². The molecule has 9 nitrogen and oxygen atoms in total. The topological polar surface area (TPSA) is 102 Å². The normalized spacial score (nSPS) is 17.5. The second kappa shape index (κ2) is 8.04. The van der Waals surface area contributed by atoms with Crippen molar-refractivity contribution in [2.75, 3.05) is 30.3 Å². The highest BCUT2D eigenvalue weighted by Gasteiger charge is 2.40. The molecule has 0 N–H and O–H groups in total. The first-order valence-corrected chi connectivity index (χ1v) is 12.5. The molecule has 162 valence electrons. The average Bonchev–Trinajstić information content (AvgIpc) is 3.55. The van der Waals surface area contributed by atoms with Crippen LogP contribution in [0.2, 0.25) is 0 Å². The van der Waals surface area contributed by atoms with E-state index in [4.69, 9.17) is 4.42 Å². The quantitative estimate of drug-likeness (QED) is 0.497. The molecule has 1 fully saturated rings. The smallest absolute Gasteiger partial charge is 0.269 e. The van der Waals surface area contributed by atoms with Crippen LogP contribution in [0.3, 0.4) is 0 Å². The van der Waals surface area contributed by atoms with E-state index in [1.165, 1.54) is 17.8 Å². The highest BCUT2D eigenvalue weighted by Crippen LogP contribution is 2.31. The third kappa shape index (κ3) is 3.61. The molecular weight excluding hydrogens is 438 g/mol. The maximum atomic E-state index is 12.7. The van der Waals surface area contributed by atoms with Crippen LogP contribution in [-0.2, 0) is 16.6 Å². The number of carbonyl (C=O) groups is 1. The molecule has 0 bridgehead atoms. The van der Waals surface area contributed by atoms with E-state index in [2.05, 4.69) is 15.1 Å². The molecule has 0 unspecified atom stereocenters. The summed E-state index contributed by atoms with van der Waals surface area (Å²) in [6.45, 7) is 2.41. The van der Waals surface area contributed by atoms with Crippen LogP contribution >= 0.6 is 11.8 Å². The summed E-state index contributed by atoms with van der Waals surface area (Å²) in [5.74, 6) is 1.46. The second-order valence-electron chi connectivity index (χ2n) is 7.37. The average molecular weight is 460 g/mol. The summed E-state index contributed by atoms with van der Waals surface area (Å²) < 4.78 is 33.9. The van der Waals surface area contributed by atoms with Gasteiger partial charge in [-0.05, 0) is 37.1 Å². The molecule has 1 saturated heterocycles. The summed E-state index contributed by atoms with van der Waals surface area (Å²) in [6.07, 6.45) is 3.86. The number of rotatable bonds is 7. The minimum atomic E-state index is -3.80. The van der Waals surface area contributed by atoms with Gasteiger partial charge in [0.2, 0.25) is 5.95 Å². The lowest BCUT2D eigenvalue weighted by atomic mass is 10.2. The number of hydrogen-bond donors (Lipinski definition) is 0. The number of fused-ring (bicyclic) bond motifs is 1. The maximum absolute atomic E-state index is 12.7. The summed E-state index contributed by atoms with van der Waals surface area (Å²) in [5.41, 5.74) is 0.227. The Bertz CT molecular complexity index is 1200. The van der Waals surface area contributed by atoms with E-state index >= 15 is 0 Å². The molecule has 1 amide bonds. The van der Waals surface area contributed by atoms with E-state index in [0.29, 0.717) is 17.5 Å². The van der Waals surface area contributed by atoms with Gasteiger partial charge < -0.3 is 9.32 Å². The number of amides is 1. The molecule has 0 saturated carbocycles. The fourth-order valence-electron chi connectivity index (χ4n) is 3.91. The van der Waals surface area contributed by atoms with Crippen LogP contribution in [0.4, 0.5) is 5.95 Å². The van der Waals surface area contributed by atoms with Crippen LogP contribution in [0.25, 0.3) is 0 Å². The van der Waals surface area contributed by atoms with Crippen LogP contribution in [0.5, 0.6) is 0 Å². The zero-order valence-corrected chi connectivity index (χ0v) is 18.3. The zero-order valence-electron chi connectivity index (χ0n) is 16.7. The molecule has 31 heavy (non-hydrogen) atoms. The van der Waals surface area contributed by atoms with Crippen molar-refractivity contribution in [3.8, 4) is 0 Å². The Labute approximate surface area is 184 Å². The van der Waals surface area contributed by atoms with Gasteiger partial charge in [-0.1, -0.05) is 23.9 Å². The fraction of sp³-hybridized carbons (Fsp3) is 0.350. The fourth-order valence-corrected chi connectivity index (χ4v) is 6.45. The second-order valence-corrected chi connectivity index (χ2v) is 10.3. The summed E-state index contributed by atoms with van der Waals surface area (Å²) in [7, 11) is -3.80. The lowest BCUT2D eigenvalue weighted by molar-refractivity contribution is 0.0876. The Balaban J connectivity index is 1.33. The minimum Gasteiger partial charge on any atom is -0.467 e. The lowest BCUT2D eigenvalue weighted by Gasteiger charge is -2.18. The summed E-state index contributed by atoms with van der Waals surface area (Å²) in [6, 6.07) is 10.0. The molecular formula is C20H21N5O4S2. The number of nitrogens with zero attached hydrogens (tertiary/aromatic N) is 5. The Hall–Kier alpha value is -2.79. The van der Waals surface area contributed by atoms with Crippen molar-refractivity contribution in [1.29, 1.82) is 0 Å². The van der Waals surface area contributed by atoms with Crippen molar-refractivity contribution in [2.24, 2.45) is 0 Å². The van der Waals surface area contributed by atoms with E-state index in [0.717, 1.165) is 41.9 Å². The highest BCUT2D eigenvalue weighted by atomic mass is 32.2. The number of thioether (sulfide) groups is 1. The molecule has 11 heteroatoms. The number of benzene rings is 1. The molecule has 0 spiro atoms. The van der Waals surface area contributed by atoms with E-state index in [1.54, 1.807) is 24.5 Å². The van der Waals surface area contributed by atoms with Gasteiger partial charge in [-0.3, -0.25) is 9.36 Å². The van der Waals surface area contributed by atoms with Crippen LogP contribution in [0, 0.1) is 0 Å². The molecule has 2 aliphatic rings. The van der Waals surface area contributed by atoms with Crippen molar-refractivity contribution in [1.82, 2.24) is 19.1 Å². The Morgan fingerprint density at radius 2 is 1.87 bits per heavy atom. The van der Waals surface area contributed by atoms with Crippen molar-refractivity contribution >= 4 is 33.6 Å². The first-order chi connectivity index (χ1) is 15.1. The van der Waals surface area contributed by atoms with Gasteiger partial charge in [-0.2, -0.15) is 0 Å². The Morgan fingerprint density at radius 1 is 1.06 bits per heavy atom. The van der Waals surface area contributed by atoms with Crippen molar-refractivity contribution in [3.63, 3.8) is 0 Å². The number of sulfonamides is 1. The summed E-state index contributed by atoms with van der Waals surface area (Å²) >= 11 is 1.38. The van der Waals surface area contributed by atoms with Gasteiger partial charge in [0, 0.05) is 25.4 Å².